The summed E-state index contributed by atoms with van der Waals surface area (Å²) in [5.74, 6) is -1.04. The lowest BCUT2D eigenvalue weighted by atomic mass is 9.90. The molecule has 0 bridgehead atoms. The number of nitrogens with one attached hydrogen (secondary N) is 2. The lowest BCUT2D eigenvalue weighted by Gasteiger charge is -2.16. The first kappa shape index (κ1) is 17.4. The Bertz CT molecular complexity index is 904. The molecule has 0 saturated carbocycles. The van der Waals surface area contributed by atoms with Crippen LogP contribution in [0.4, 0.5) is 5.69 Å². The maximum atomic E-state index is 12.1. The Hall–Kier alpha value is -3.45. The molecule has 7 heteroatoms. The van der Waals surface area contributed by atoms with Gasteiger partial charge in [-0.05, 0) is 30.2 Å². The zero-order valence-electron chi connectivity index (χ0n) is 14.0. The van der Waals surface area contributed by atoms with E-state index in [-0.39, 0.29) is 11.6 Å². The van der Waals surface area contributed by atoms with Crippen LogP contribution in [0.1, 0.15) is 33.3 Å². The highest BCUT2D eigenvalue weighted by Crippen LogP contribution is 2.26. The monoisotopic (exact) mass is 351 g/mol. The zero-order chi connectivity index (χ0) is 18.5. The fourth-order valence-electron chi connectivity index (χ4n) is 2.63. The van der Waals surface area contributed by atoms with Gasteiger partial charge in [0.05, 0.1) is 5.92 Å². The number of carbonyl (C=O) groups excluding carboxylic acids is 2. The summed E-state index contributed by atoms with van der Waals surface area (Å²) in [6.07, 6.45) is 0. The zero-order valence-corrected chi connectivity index (χ0v) is 14.0. The predicted octanol–water partition coefficient (Wildman–Crippen LogP) is 2.87. The van der Waals surface area contributed by atoms with Crippen molar-refractivity contribution in [2.24, 2.45) is 0 Å². The van der Waals surface area contributed by atoms with E-state index < -0.39 is 11.8 Å². The molecular formula is C19H17N3O4. The molecular weight excluding hydrogens is 334 g/mol. The summed E-state index contributed by atoms with van der Waals surface area (Å²) in [6, 6.07) is 17.4. The molecule has 2 amide bonds. The molecule has 1 unspecified atom stereocenters. The molecule has 0 spiro atoms. The van der Waals surface area contributed by atoms with Crippen LogP contribution >= 0.6 is 0 Å². The van der Waals surface area contributed by atoms with Crippen molar-refractivity contribution in [3.05, 3.63) is 83.2 Å². The number of amides is 2. The third-order valence-corrected chi connectivity index (χ3v) is 3.87. The third kappa shape index (κ3) is 3.79. The minimum atomic E-state index is -0.663. The van der Waals surface area contributed by atoms with Crippen LogP contribution in [0.5, 0.6) is 0 Å². The van der Waals surface area contributed by atoms with Gasteiger partial charge < -0.3 is 9.84 Å². The van der Waals surface area contributed by atoms with Gasteiger partial charge in [-0.25, -0.2) is 5.48 Å². The number of benzene rings is 2. The number of hydrogen-bond donors (Lipinski definition) is 3. The maximum absolute atomic E-state index is 12.1. The highest BCUT2D eigenvalue weighted by atomic mass is 16.5. The molecule has 0 aliphatic heterocycles. The molecule has 7 nitrogen and oxygen atoms in total. The number of anilines is 1. The van der Waals surface area contributed by atoms with Crippen molar-refractivity contribution >= 4 is 17.5 Å². The number of nitrogens with zero attached hydrogens (tertiary/aromatic N) is 1. The summed E-state index contributed by atoms with van der Waals surface area (Å²) in [5.41, 5.74) is 3.87. The van der Waals surface area contributed by atoms with Crippen LogP contribution in [0.15, 0.2) is 65.2 Å². The first-order chi connectivity index (χ1) is 12.6. The quantitative estimate of drug-likeness (QED) is 0.484. The molecule has 3 aromatic rings. The second-order valence-electron chi connectivity index (χ2n) is 5.72. The second kappa shape index (κ2) is 7.62. The molecule has 132 valence electrons. The van der Waals surface area contributed by atoms with Crippen molar-refractivity contribution < 1.29 is 19.3 Å². The molecule has 3 rings (SSSR count). The Morgan fingerprint density at radius 3 is 2.27 bits per heavy atom. The third-order valence-electron chi connectivity index (χ3n) is 3.87. The van der Waals surface area contributed by atoms with Gasteiger partial charge >= 0.3 is 0 Å². The van der Waals surface area contributed by atoms with E-state index in [0.29, 0.717) is 17.0 Å². The predicted molar refractivity (Wildman–Crippen MR) is 93.8 cm³/mol. The summed E-state index contributed by atoms with van der Waals surface area (Å²) in [7, 11) is 0. The van der Waals surface area contributed by atoms with Gasteiger partial charge in [0.25, 0.3) is 11.8 Å². The van der Waals surface area contributed by atoms with Crippen LogP contribution in [-0.4, -0.2) is 22.2 Å². The molecule has 3 N–H and O–H groups in total. The van der Waals surface area contributed by atoms with E-state index in [4.69, 9.17) is 9.73 Å². The largest absolute Gasteiger partial charge is 0.361 e. The summed E-state index contributed by atoms with van der Waals surface area (Å²) in [4.78, 5) is 24.2. The summed E-state index contributed by atoms with van der Waals surface area (Å²) < 4.78 is 4.88. The Labute approximate surface area is 149 Å². The normalized spacial score (nSPS) is 11.6. The molecule has 1 atom stereocenters. The lowest BCUT2D eigenvalue weighted by molar-refractivity contribution is -0.129. The summed E-state index contributed by atoms with van der Waals surface area (Å²) >= 11 is 0. The molecule has 0 fully saturated rings. The van der Waals surface area contributed by atoms with Gasteiger partial charge in [-0.3, -0.25) is 14.8 Å². The number of hydroxylamine groups is 1. The van der Waals surface area contributed by atoms with Crippen LogP contribution in [0, 0.1) is 6.92 Å². The van der Waals surface area contributed by atoms with Gasteiger partial charge in [-0.1, -0.05) is 47.6 Å². The molecule has 0 saturated heterocycles. The van der Waals surface area contributed by atoms with E-state index in [1.54, 1.807) is 42.7 Å². The van der Waals surface area contributed by atoms with Crippen molar-refractivity contribution in [1.29, 1.82) is 0 Å². The minimum Gasteiger partial charge on any atom is -0.361 e. The smallest absolute Gasteiger partial charge is 0.277 e. The first-order valence-electron chi connectivity index (χ1n) is 7.92. The molecule has 26 heavy (non-hydrogen) atoms. The van der Waals surface area contributed by atoms with Crippen molar-refractivity contribution in [3.8, 4) is 0 Å². The van der Waals surface area contributed by atoms with Gasteiger partial charge in [0.1, 0.15) is 5.76 Å². The first-order valence-corrected chi connectivity index (χ1v) is 7.92. The van der Waals surface area contributed by atoms with E-state index in [0.717, 1.165) is 5.56 Å². The Morgan fingerprint density at radius 2 is 1.69 bits per heavy atom. The number of aryl methyl sites for hydroxylation is 1. The molecule has 2 aromatic carbocycles. The van der Waals surface area contributed by atoms with Gasteiger partial charge in [0.2, 0.25) is 0 Å². The lowest BCUT2D eigenvalue weighted by Crippen LogP contribution is -2.27. The van der Waals surface area contributed by atoms with Crippen molar-refractivity contribution in [2.75, 3.05) is 5.32 Å². The van der Waals surface area contributed by atoms with Gasteiger partial charge in [-0.15, -0.1) is 0 Å². The average molecular weight is 351 g/mol. The van der Waals surface area contributed by atoms with E-state index in [9.17, 15) is 9.59 Å². The SMILES string of the molecule is Cc1cc(C(=O)Nc2ccc(C(C(=O)NO)c3ccccc3)cc2)no1. The van der Waals surface area contributed by atoms with Crippen LogP contribution in [0.25, 0.3) is 0 Å². The van der Waals surface area contributed by atoms with E-state index in [1.165, 1.54) is 0 Å². The minimum absolute atomic E-state index is 0.188. The molecule has 1 heterocycles. The molecule has 0 aliphatic rings. The van der Waals surface area contributed by atoms with E-state index in [1.807, 2.05) is 30.3 Å². The molecule has 0 radical (unpaired) electrons. The molecule has 0 aliphatic carbocycles. The van der Waals surface area contributed by atoms with Crippen molar-refractivity contribution in [3.63, 3.8) is 0 Å². The van der Waals surface area contributed by atoms with Crippen LogP contribution in [-0.2, 0) is 4.79 Å². The number of hydrogen-bond acceptors (Lipinski definition) is 5. The van der Waals surface area contributed by atoms with Gasteiger partial charge in [0, 0.05) is 11.8 Å². The fourth-order valence-corrected chi connectivity index (χ4v) is 2.63. The second-order valence-corrected chi connectivity index (χ2v) is 5.72. The van der Waals surface area contributed by atoms with Crippen molar-refractivity contribution in [1.82, 2.24) is 10.6 Å². The van der Waals surface area contributed by atoms with Crippen LogP contribution in [0.3, 0.4) is 0 Å². The van der Waals surface area contributed by atoms with Crippen LogP contribution < -0.4 is 10.8 Å². The summed E-state index contributed by atoms with van der Waals surface area (Å²) in [5, 5.41) is 15.4. The highest BCUT2D eigenvalue weighted by molar-refractivity contribution is 6.02. The Balaban J connectivity index is 1.81. The summed E-state index contributed by atoms with van der Waals surface area (Å²) in [6.45, 7) is 1.70. The fraction of sp³-hybridized carbons (Fsp3) is 0.105. The number of carbonyl (C=O) groups is 2. The average Bonchev–Trinajstić information content (AvgIpc) is 3.10. The molecule has 1 aromatic heterocycles. The Kier molecular flexibility index (Phi) is 5.09. The van der Waals surface area contributed by atoms with E-state index in [2.05, 4.69) is 10.5 Å². The van der Waals surface area contributed by atoms with Crippen LogP contribution in [0.2, 0.25) is 0 Å². The number of rotatable bonds is 5. The van der Waals surface area contributed by atoms with Gasteiger partial charge in [0.15, 0.2) is 5.69 Å². The van der Waals surface area contributed by atoms with E-state index >= 15 is 0 Å². The Morgan fingerprint density at radius 1 is 1.04 bits per heavy atom. The van der Waals surface area contributed by atoms with Gasteiger partial charge in [-0.2, -0.15) is 0 Å². The maximum Gasteiger partial charge on any atom is 0.277 e. The number of aromatic nitrogens is 1. The topological polar surface area (TPSA) is 104 Å². The van der Waals surface area contributed by atoms with Crippen molar-refractivity contribution in [2.45, 2.75) is 12.8 Å². The standard InChI is InChI=1S/C19H17N3O4/c1-12-11-16(22-26-12)18(23)20-15-9-7-14(8-10-15)17(19(24)21-25)13-5-3-2-4-6-13/h2-11,17,25H,1H3,(H,20,23)(H,21,24). The highest BCUT2D eigenvalue weighted by Gasteiger charge is 2.22.